The van der Waals surface area contributed by atoms with Crippen molar-refractivity contribution in [1.82, 2.24) is 9.55 Å². The van der Waals surface area contributed by atoms with Crippen LogP contribution < -0.4 is 0 Å². The fraction of sp³-hybridized carbons (Fsp3) is 0.167. The molecule has 0 saturated carbocycles. The van der Waals surface area contributed by atoms with E-state index in [4.69, 9.17) is 5.26 Å². The van der Waals surface area contributed by atoms with Gasteiger partial charge >= 0.3 is 0 Å². The van der Waals surface area contributed by atoms with Gasteiger partial charge in [0.15, 0.2) is 0 Å². The van der Waals surface area contributed by atoms with E-state index in [1.807, 2.05) is 41.1 Å². The second-order valence-corrected chi connectivity index (χ2v) is 3.27. The molecule has 3 nitrogen and oxygen atoms in total. The lowest BCUT2D eigenvalue weighted by atomic mass is 10.2. The number of hydrogen-bond acceptors (Lipinski definition) is 2. The van der Waals surface area contributed by atoms with Gasteiger partial charge in [0.05, 0.1) is 24.5 Å². The van der Waals surface area contributed by atoms with Crippen molar-refractivity contribution in [1.29, 1.82) is 5.26 Å². The van der Waals surface area contributed by atoms with E-state index in [1.165, 1.54) is 0 Å². The molecule has 15 heavy (non-hydrogen) atoms. The highest BCUT2D eigenvalue weighted by Gasteiger charge is 2.00. The van der Waals surface area contributed by atoms with E-state index >= 15 is 0 Å². The molecule has 0 saturated heterocycles. The number of benzene rings is 1. The number of aromatic nitrogens is 2. The number of nitrogens with zero attached hydrogens (tertiary/aromatic N) is 3. The van der Waals surface area contributed by atoms with E-state index in [0.29, 0.717) is 13.0 Å². The Hall–Kier alpha value is -2.08. The van der Waals surface area contributed by atoms with Gasteiger partial charge in [-0.3, -0.25) is 0 Å². The first-order valence-electron chi connectivity index (χ1n) is 4.84. The monoisotopic (exact) mass is 197 g/mol. The summed E-state index contributed by atoms with van der Waals surface area (Å²) in [6.07, 6.45) is 4.25. The lowest BCUT2D eigenvalue weighted by Crippen LogP contribution is -1.91. The van der Waals surface area contributed by atoms with Crippen LogP contribution in [0.3, 0.4) is 0 Å². The molecule has 0 amide bonds. The Balaban J connectivity index is 2.18. The third kappa shape index (κ3) is 2.23. The average Bonchev–Trinajstić information content (AvgIpc) is 2.76. The first-order chi connectivity index (χ1) is 7.40. The maximum Gasteiger partial charge on any atom is 0.0954 e. The van der Waals surface area contributed by atoms with E-state index in [2.05, 4.69) is 11.1 Å². The first kappa shape index (κ1) is 9.47. The van der Waals surface area contributed by atoms with Crippen molar-refractivity contribution in [2.75, 3.05) is 0 Å². The third-order valence-electron chi connectivity index (χ3n) is 2.18. The molecule has 1 aromatic carbocycles. The minimum absolute atomic E-state index is 0.518. The quantitative estimate of drug-likeness (QED) is 0.758. The fourth-order valence-electron chi connectivity index (χ4n) is 1.42. The molecule has 1 aromatic heterocycles. The van der Waals surface area contributed by atoms with Crippen LogP contribution in [0.4, 0.5) is 0 Å². The van der Waals surface area contributed by atoms with Crippen LogP contribution >= 0.6 is 0 Å². The van der Waals surface area contributed by atoms with Gasteiger partial charge in [-0.2, -0.15) is 5.26 Å². The Morgan fingerprint density at radius 3 is 2.80 bits per heavy atom. The summed E-state index contributed by atoms with van der Waals surface area (Å²) in [6, 6.07) is 12.1. The Morgan fingerprint density at radius 1 is 1.27 bits per heavy atom. The Morgan fingerprint density at radius 2 is 2.07 bits per heavy atom. The van der Waals surface area contributed by atoms with Gasteiger partial charge < -0.3 is 4.57 Å². The molecule has 0 bridgehead atoms. The SMILES string of the molecule is N#CCCn1cnc(-c2ccccc2)c1. The standard InChI is InChI=1S/C12H11N3/c13-7-4-8-15-9-12(14-10-15)11-5-2-1-3-6-11/h1-3,5-6,9-10H,4,8H2. The van der Waals surface area contributed by atoms with Gasteiger partial charge in [0, 0.05) is 18.3 Å². The highest BCUT2D eigenvalue weighted by Crippen LogP contribution is 2.15. The lowest BCUT2D eigenvalue weighted by molar-refractivity contribution is 0.715. The summed E-state index contributed by atoms with van der Waals surface area (Å²) in [5, 5.41) is 8.47. The molecular formula is C12H11N3. The van der Waals surface area contributed by atoms with E-state index in [-0.39, 0.29) is 0 Å². The van der Waals surface area contributed by atoms with Gasteiger partial charge in [-0.25, -0.2) is 4.98 Å². The normalized spacial score (nSPS) is 9.80. The van der Waals surface area contributed by atoms with Crippen molar-refractivity contribution in [3.05, 3.63) is 42.9 Å². The summed E-state index contributed by atoms with van der Waals surface area (Å²) in [5.74, 6) is 0. The summed E-state index contributed by atoms with van der Waals surface area (Å²) >= 11 is 0. The minimum Gasteiger partial charge on any atom is -0.336 e. The van der Waals surface area contributed by atoms with Gasteiger partial charge in [0.2, 0.25) is 0 Å². The van der Waals surface area contributed by atoms with Crippen LogP contribution in [0.15, 0.2) is 42.9 Å². The van der Waals surface area contributed by atoms with Crippen molar-refractivity contribution in [2.24, 2.45) is 0 Å². The molecule has 0 unspecified atom stereocenters. The zero-order valence-corrected chi connectivity index (χ0v) is 8.30. The molecular weight excluding hydrogens is 186 g/mol. The van der Waals surface area contributed by atoms with Crippen molar-refractivity contribution in [2.45, 2.75) is 13.0 Å². The molecule has 1 heterocycles. The smallest absolute Gasteiger partial charge is 0.0954 e. The molecule has 2 rings (SSSR count). The van der Waals surface area contributed by atoms with Gasteiger partial charge in [-0.15, -0.1) is 0 Å². The van der Waals surface area contributed by atoms with Gasteiger partial charge in [0.1, 0.15) is 0 Å². The minimum atomic E-state index is 0.518. The molecule has 0 radical (unpaired) electrons. The van der Waals surface area contributed by atoms with Crippen molar-refractivity contribution in [3.8, 4) is 17.3 Å². The second-order valence-electron chi connectivity index (χ2n) is 3.27. The highest BCUT2D eigenvalue weighted by atomic mass is 15.0. The average molecular weight is 197 g/mol. The van der Waals surface area contributed by atoms with E-state index in [9.17, 15) is 0 Å². The predicted octanol–water partition coefficient (Wildman–Crippen LogP) is 2.46. The van der Waals surface area contributed by atoms with Crippen LogP contribution in [-0.4, -0.2) is 9.55 Å². The molecule has 0 fully saturated rings. The lowest BCUT2D eigenvalue weighted by Gasteiger charge is -1.95. The Bertz CT molecular complexity index is 465. The summed E-state index contributed by atoms with van der Waals surface area (Å²) in [4.78, 5) is 4.29. The van der Waals surface area contributed by atoms with Crippen molar-refractivity contribution < 1.29 is 0 Å². The summed E-state index contributed by atoms with van der Waals surface area (Å²) in [6.45, 7) is 0.705. The molecule has 2 aromatic rings. The van der Waals surface area contributed by atoms with Crippen LogP contribution in [0.5, 0.6) is 0 Å². The zero-order chi connectivity index (χ0) is 10.5. The first-order valence-corrected chi connectivity index (χ1v) is 4.84. The number of nitriles is 1. The topological polar surface area (TPSA) is 41.6 Å². The summed E-state index contributed by atoms with van der Waals surface area (Å²) in [5.41, 5.74) is 2.06. The van der Waals surface area contributed by atoms with Gasteiger partial charge in [0.25, 0.3) is 0 Å². The van der Waals surface area contributed by atoms with Crippen LogP contribution in [0.2, 0.25) is 0 Å². The maximum atomic E-state index is 8.47. The fourth-order valence-corrected chi connectivity index (χ4v) is 1.42. The molecule has 0 aliphatic rings. The van der Waals surface area contributed by atoms with Crippen molar-refractivity contribution >= 4 is 0 Å². The number of imidazole rings is 1. The van der Waals surface area contributed by atoms with E-state index in [0.717, 1.165) is 11.3 Å². The molecule has 0 aliphatic heterocycles. The highest BCUT2D eigenvalue weighted by molar-refractivity contribution is 5.57. The Kier molecular flexibility index (Phi) is 2.80. The molecule has 74 valence electrons. The van der Waals surface area contributed by atoms with E-state index in [1.54, 1.807) is 6.33 Å². The zero-order valence-electron chi connectivity index (χ0n) is 8.30. The van der Waals surface area contributed by atoms with Gasteiger partial charge in [-0.05, 0) is 0 Å². The number of rotatable bonds is 3. The van der Waals surface area contributed by atoms with Crippen LogP contribution in [0.25, 0.3) is 11.3 Å². The third-order valence-corrected chi connectivity index (χ3v) is 2.18. The molecule has 0 atom stereocenters. The maximum absolute atomic E-state index is 8.47. The second kappa shape index (κ2) is 4.43. The van der Waals surface area contributed by atoms with Crippen LogP contribution in [0, 0.1) is 11.3 Å². The molecule has 3 heteroatoms. The van der Waals surface area contributed by atoms with E-state index < -0.39 is 0 Å². The Labute approximate surface area is 88.6 Å². The molecule has 0 aliphatic carbocycles. The predicted molar refractivity (Wildman–Crippen MR) is 57.9 cm³/mol. The van der Waals surface area contributed by atoms with Crippen LogP contribution in [-0.2, 0) is 6.54 Å². The summed E-state index contributed by atoms with van der Waals surface area (Å²) < 4.78 is 1.94. The van der Waals surface area contributed by atoms with Crippen molar-refractivity contribution in [3.63, 3.8) is 0 Å². The number of hydrogen-bond donors (Lipinski definition) is 0. The molecule has 0 spiro atoms. The van der Waals surface area contributed by atoms with Crippen LogP contribution in [0.1, 0.15) is 6.42 Å². The largest absolute Gasteiger partial charge is 0.336 e. The van der Waals surface area contributed by atoms with Gasteiger partial charge in [-0.1, -0.05) is 30.3 Å². The summed E-state index contributed by atoms with van der Waals surface area (Å²) in [7, 11) is 0. The number of aryl methyl sites for hydroxylation is 1. The molecule has 0 N–H and O–H groups in total.